The standard InChI is InChI=1S/C31H35ClN2OS/c1-5-9-23(18-21(2)3)24-11-8-10-22(19-24)20-34(26-16-14-25(33-4)15-17-26)31(35)30-29(32)27-12-6-7-13-28(27)36-30/h5-13,18-19,25-26,33H,1,14-17,20H2,2-4H3/b23-9+. The van der Waals surface area contributed by atoms with Gasteiger partial charge in [0, 0.05) is 28.7 Å². The van der Waals surface area contributed by atoms with Crippen molar-refractivity contribution in [2.24, 2.45) is 0 Å². The van der Waals surface area contributed by atoms with E-state index in [9.17, 15) is 4.79 Å². The Labute approximate surface area is 224 Å². The minimum atomic E-state index is 0.0330. The number of nitrogens with one attached hydrogen (secondary N) is 1. The normalized spacial score (nSPS) is 18.2. The van der Waals surface area contributed by atoms with Crippen LogP contribution >= 0.6 is 22.9 Å². The first kappa shape index (κ1) is 26.4. The van der Waals surface area contributed by atoms with E-state index in [0.29, 0.717) is 22.5 Å². The summed E-state index contributed by atoms with van der Waals surface area (Å²) in [5, 5.41) is 4.93. The summed E-state index contributed by atoms with van der Waals surface area (Å²) in [6.07, 6.45) is 10.1. The molecule has 1 N–H and O–H groups in total. The molecule has 188 valence electrons. The number of amides is 1. The first-order chi connectivity index (χ1) is 17.4. The van der Waals surface area contributed by atoms with Gasteiger partial charge in [-0.3, -0.25) is 4.79 Å². The third kappa shape index (κ3) is 6.00. The van der Waals surface area contributed by atoms with Gasteiger partial charge in [-0.25, -0.2) is 0 Å². The van der Waals surface area contributed by atoms with E-state index in [-0.39, 0.29) is 11.9 Å². The average Bonchev–Trinajstić information content (AvgIpc) is 3.23. The van der Waals surface area contributed by atoms with Gasteiger partial charge in [0.25, 0.3) is 5.91 Å². The summed E-state index contributed by atoms with van der Waals surface area (Å²) < 4.78 is 1.05. The van der Waals surface area contributed by atoms with E-state index in [1.165, 1.54) is 16.9 Å². The molecule has 0 atom stereocenters. The van der Waals surface area contributed by atoms with Crippen molar-refractivity contribution in [3.8, 4) is 0 Å². The van der Waals surface area contributed by atoms with E-state index < -0.39 is 0 Å². The van der Waals surface area contributed by atoms with E-state index in [1.54, 1.807) is 0 Å². The third-order valence-electron chi connectivity index (χ3n) is 6.89. The highest BCUT2D eigenvalue weighted by molar-refractivity contribution is 7.21. The summed E-state index contributed by atoms with van der Waals surface area (Å²) in [4.78, 5) is 16.8. The molecule has 36 heavy (non-hydrogen) atoms. The topological polar surface area (TPSA) is 32.3 Å². The Kier molecular flexibility index (Phi) is 8.84. The van der Waals surface area contributed by atoms with Gasteiger partial charge in [0.05, 0.1) is 5.02 Å². The zero-order chi connectivity index (χ0) is 25.7. The van der Waals surface area contributed by atoms with Gasteiger partial charge >= 0.3 is 0 Å². The van der Waals surface area contributed by atoms with E-state index in [4.69, 9.17) is 11.6 Å². The van der Waals surface area contributed by atoms with Gasteiger partial charge < -0.3 is 10.2 Å². The highest BCUT2D eigenvalue weighted by Gasteiger charge is 2.31. The smallest absolute Gasteiger partial charge is 0.266 e. The van der Waals surface area contributed by atoms with Crippen LogP contribution in [0.15, 0.2) is 78.9 Å². The number of nitrogens with zero attached hydrogens (tertiary/aromatic N) is 1. The van der Waals surface area contributed by atoms with Crippen molar-refractivity contribution >= 4 is 44.5 Å². The summed E-state index contributed by atoms with van der Waals surface area (Å²) in [6, 6.07) is 17.2. The number of halogens is 1. The van der Waals surface area contributed by atoms with Crippen LogP contribution in [-0.4, -0.2) is 29.9 Å². The Hall–Kier alpha value is -2.66. The number of carbonyl (C=O) groups is 1. The molecule has 1 aromatic heterocycles. The van der Waals surface area contributed by atoms with Crippen molar-refractivity contribution in [1.29, 1.82) is 0 Å². The lowest BCUT2D eigenvalue weighted by molar-refractivity contribution is 0.0606. The van der Waals surface area contributed by atoms with E-state index in [1.807, 2.05) is 43.5 Å². The van der Waals surface area contributed by atoms with E-state index in [0.717, 1.165) is 52.5 Å². The molecule has 3 aromatic rings. The summed E-state index contributed by atoms with van der Waals surface area (Å²) >= 11 is 8.26. The van der Waals surface area contributed by atoms with Crippen molar-refractivity contribution in [2.75, 3.05) is 7.05 Å². The summed E-state index contributed by atoms with van der Waals surface area (Å²) in [5.74, 6) is 0.0330. The Balaban J connectivity index is 1.69. The van der Waals surface area contributed by atoms with Crippen LogP contribution in [0.3, 0.4) is 0 Å². The van der Waals surface area contributed by atoms with Crippen LogP contribution in [-0.2, 0) is 6.54 Å². The van der Waals surface area contributed by atoms with Gasteiger partial charge in [0.15, 0.2) is 0 Å². The molecule has 3 nitrogen and oxygen atoms in total. The molecule has 1 aliphatic rings. The molecule has 2 aromatic carbocycles. The number of thiophene rings is 1. The van der Waals surface area contributed by atoms with Gasteiger partial charge in [-0.05, 0) is 75.4 Å². The van der Waals surface area contributed by atoms with Crippen LogP contribution < -0.4 is 5.32 Å². The number of carbonyl (C=O) groups excluding carboxylic acids is 1. The van der Waals surface area contributed by atoms with Crippen molar-refractivity contribution < 1.29 is 4.79 Å². The molecule has 1 saturated carbocycles. The van der Waals surface area contributed by atoms with Gasteiger partial charge in [-0.2, -0.15) is 0 Å². The number of hydrogen-bond donors (Lipinski definition) is 1. The highest BCUT2D eigenvalue weighted by Crippen LogP contribution is 2.37. The Morgan fingerprint density at radius 3 is 2.56 bits per heavy atom. The fraction of sp³-hybridized carbons (Fsp3) is 0.323. The number of rotatable bonds is 8. The first-order valence-electron chi connectivity index (χ1n) is 12.6. The van der Waals surface area contributed by atoms with Crippen LogP contribution in [0.1, 0.15) is 60.3 Å². The van der Waals surface area contributed by atoms with Crippen molar-refractivity contribution in [3.05, 3.63) is 99.9 Å². The molecule has 1 aliphatic carbocycles. The van der Waals surface area contributed by atoms with Crippen molar-refractivity contribution in [3.63, 3.8) is 0 Å². The van der Waals surface area contributed by atoms with Gasteiger partial charge in [-0.15, -0.1) is 11.3 Å². The second-order valence-corrected chi connectivity index (χ2v) is 11.2. The van der Waals surface area contributed by atoms with E-state index >= 15 is 0 Å². The average molecular weight is 519 g/mol. The molecule has 1 fully saturated rings. The maximum absolute atomic E-state index is 14.1. The summed E-state index contributed by atoms with van der Waals surface area (Å²) in [6.45, 7) is 8.63. The Morgan fingerprint density at radius 2 is 1.89 bits per heavy atom. The highest BCUT2D eigenvalue weighted by atomic mass is 35.5. The number of benzene rings is 2. The van der Waals surface area contributed by atoms with Crippen LogP contribution in [0.2, 0.25) is 5.02 Å². The second kappa shape index (κ2) is 12.1. The molecule has 0 unspecified atom stereocenters. The van der Waals surface area contributed by atoms with Gasteiger partial charge in [0.2, 0.25) is 0 Å². The predicted octanol–water partition coefficient (Wildman–Crippen LogP) is 8.26. The van der Waals surface area contributed by atoms with Gasteiger partial charge in [0.1, 0.15) is 4.88 Å². The number of fused-ring (bicyclic) bond motifs is 1. The van der Waals surface area contributed by atoms with Crippen molar-refractivity contribution in [2.45, 2.75) is 58.2 Å². The van der Waals surface area contributed by atoms with Crippen LogP contribution in [0.4, 0.5) is 0 Å². The molecule has 0 saturated heterocycles. The lowest BCUT2D eigenvalue weighted by atomic mass is 9.89. The Morgan fingerprint density at radius 1 is 1.14 bits per heavy atom. The number of hydrogen-bond acceptors (Lipinski definition) is 3. The fourth-order valence-electron chi connectivity index (χ4n) is 5.04. The zero-order valence-corrected chi connectivity index (χ0v) is 23.0. The molecule has 0 spiro atoms. The third-order valence-corrected chi connectivity index (χ3v) is 8.55. The molecule has 4 rings (SSSR count). The minimum absolute atomic E-state index is 0.0330. The quantitative estimate of drug-likeness (QED) is 0.304. The maximum atomic E-state index is 14.1. The zero-order valence-electron chi connectivity index (χ0n) is 21.4. The predicted molar refractivity (Wildman–Crippen MR) is 156 cm³/mol. The summed E-state index contributed by atoms with van der Waals surface area (Å²) in [7, 11) is 2.03. The van der Waals surface area contributed by atoms with E-state index in [2.05, 4.69) is 61.0 Å². The lowest BCUT2D eigenvalue weighted by Crippen LogP contribution is -2.44. The van der Waals surface area contributed by atoms with Crippen molar-refractivity contribution in [1.82, 2.24) is 10.2 Å². The fourth-order valence-corrected chi connectivity index (χ4v) is 6.50. The minimum Gasteiger partial charge on any atom is -0.331 e. The number of allylic oxidation sites excluding steroid dienone is 5. The molecule has 1 heterocycles. The Bertz CT molecular complexity index is 1290. The molecule has 1 amide bonds. The summed E-state index contributed by atoms with van der Waals surface area (Å²) in [5.41, 5.74) is 4.59. The molecule has 0 aliphatic heterocycles. The van der Waals surface area contributed by atoms with Gasteiger partial charge in [-0.1, -0.05) is 78.4 Å². The first-order valence-corrected chi connectivity index (χ1v) is 13.8. The molecular formula is C31H35ClN2OS. The van der Waals surface area contributed by atoms with Crippen LogP contribution in [0, 0.1) is 0 Å². The van der Waals surface area contributed by atoms with Crippen LogP contribution in [0.25, 0.3) is 15.7 Å². The largest absolute Gasteiger partial charge is 0.331 e. The SMILES string of the molecule is C=C/C=C(\C=C(C)C)c1cccc(CN(C(=O)c2sc3ccccc3c2Cl)C2CCC(NC)CC2)c1. The lowest BCUT2D eigenvalue weighted by Gasteiger charge is -2.37. The maximum Gasteiger partial charge on any atom is 0.266 e. The second-order valence-electron chi connectivity index (χ2n) is 9.75. The molecule has 0 radical (unpaired) electrons. The molecular weight excluding hydrogens is 484 g/mol. The van der Waals surface area contributed by atoms with Crippen LogP contribution in [0.5, 0.6) is 0 Å². The molecule has 0 bridgehead atoms. The molecule has 5 heteroatoms. The monoisotopic (exact) mass is 518 g/mol.